The Morgan fingerprint density at radius 2 is 1.38 bits per heavy atom. The van der Waals surface area contributed by atoms with Gasteiger partial charge in [0.1, 0.15) is 36.0 Å². The first kappa shape index (κ1) is 64.1. The van der Waals surface area contributed by atoms with E-state index in [4.69, 9.17) is 54.8 Å². The van der Waals surface area contributed by atoms with Crippen LogP contribution in [0.15, 0.2) is 46.7 Å². The number of phenolic OH excluding ortho intramolecular Hbond substituents is 1. The number of phenols is 1. The van der Waals surface area contributed by atoms with Crippen LogP contribution in [0.2, 0.25) is 0 Å². The quantitative estimate of drug-likeness (QED) is 0.0757. The highest BCUT2D eigenvalue weighted by molar-refractivity contribution is 8.04. The number of fused-ring (bicyclic) bond motifs is 14. The number of thiocarbonyl (C=S) groups is 1. The van der Waals surface area contributed by atoms with Gasteiger partial charge in [-0.3, -0.25) is 43.2 Å². The molecule has 1 aliphatic carbocycles. The number of allylic oxidation sites excluding steroid dienone is 4. The van der Waals surface area contributed by atoms with Crippen molar-refractivity contribution >= 4 is 82.2 Å². The van der Waals surface area contributed by atoms with Crippen LogP contribution < -0.4 is 20.7 Å². The zero-order chi connectivity index (χ0) is 59.8. The number of hydrogen-bond donors (Lipinski definition) is 6. The summed E-state index contributed by atoms with van der Waals surface area (Å²) in [6.45, 7) is 15.6. The molecule has 0 aromatic heterocycles. The Balaban J connectivity index is 1.53. The van der Waals surface area contributed by atoms with Gasteiger partial charge in [-0.1, -0.05) is 45.9 Å². The summed E-state index contributed by atoms with van der Waals surface area (Å²) >= 11 is 6.32. The molecule has 1 aromatic rings. The van der Waals surface area contributed by atoms with Crippen molar-refractivity contribution in [1.82, 2.24) is 16.0 Å². The highest BCUT2D eigenvalue weighted by atomic mass is 32.2. The fourth-order valence-electron chi connectivity index (χ4n) is 9.64. The van der Waals surface area contributed by atoms with Crippen LogP contribution in [0.4, 0.5) is 0 Å². The molecule has 6 N–H and O–H groups in total. The maximum atomic E-state index is 15.0. The molecule has 26 heteroatoms. The fourth-order valence-corrected chi connectivity index (χ4v) is 10.8. The van der Waals surface area contributed by atoms with E-state index < -0.39 is 172 Å². The number of benzene rings is 1. The van der Waals surface area contributed by atoms with Gasteiger partial charge in [0, 0.05) is 95.8 Å². The molecule has 1 amide bonds. The number of ketones is 3. The number of methoxy groups -OCH3 is 1. The largest absolute Gasteiger partial charge is 0.507 e. The van der Waals surface area contributed by atoms with Gasteiger partial charge in [0.2, 0.25) is 11.6 Å². The van der Waals surface area contributed by atoms with Crippen molar-refractivity contribution in [2.24, 2.45) is 23.7 Å². The lowest BCUT2D eigenvalue weighted by Crippen LogP contribution is -2.66. The van der Waals surface area contributed by atoms with Gasteiger partial charge in [0.25, 0.3) is 11.7 Å². The van der Waals surface area contributed by atoms with Gasteiger partial charge >= 0.3 is 35.6 Å². The molecule has 1 aromatic carbocycles. The molecular weight excluding hydrogens is 1090 g/mol. The van der Waals surface area contributed by atoms with Crippen LogP contribution in [-0.4, -0.2) is 160 Å². The van der Waals surface area contributed by atoms with E-state index in [2.05, 4.69) is 16.0 Å². The smallest absolute Gasteiger partial charge is 0.312 e. The third kappa shape index (κ3) is 14.6. The second-order valence-corrected chi connectivity index (χ2v) is 21.4. The van der Waals surface area contributed by atoms with Gasteiger partial charge in [-0.25, -0.2) is 0 Å². The first-order valence-electron chi connectivity index (χ1n) is 25.5. The van der Waals surface area contributed by atoms with Crippen LogP contribution in [-0.2, 0) is 66.7 Å². The Kier molecular flexibility index (Phi) is 21.8. The number of nitrogens with one attached hydrogen (secondary N) is 3. The number of hydrogen-bond acceptors (Lipinski definition) is 23. The van der Waals surface area contributed by atoms with Crippen molar-refractivity contribution < 1.29 is 101 Å². The highest BCUT2D eigenvalue weighted by Crippen LogP contribution is 2.49. The third-order valence-corrected chi connectivity index (χ3v) is 15.2. The second-order valence-electron chi connectivity index (χ2n) is 19.9. The van der Waals surface area contributed by atoms with Gasteiger partial charge in [0.15, 0.2) is 29.7 Å². The summed E-state index contributed by atoms with van der Waals surface area (Å²) < 4.78 is 51.2. The maximum absolute atomic E-state index is 15.0. The summed E-state index contributed by atoms with van der Waals surface area (Å²) in [5.41, 5.74) is -2.15. The molecule has 4 heterocycles. The summed E-state index contributed by atoms with van der Waals surface area (Å²) in [7, 11) is 1.38. The average Bonchev–Trinajstić information content (AvgIpc) is 3.64. The normalized spacial score (nSPS) is 31.0. The zero-order valence-electron chi connectivity index (χ0n) is 46.5. The molecule has 0 radical (unpaired) electrons. The molecule has 0 saturated carbocycles. The van der Waals surface area contributed by atoms with E-state index in [1.54, 1.807) is 33.8 Å². The minimum absolute atomic E-state index is 0.0205. The van der Waals surface area contributed by atoms with Crippen molar-refractivity contribution in [2.75, 3.05) is 26.0 Å². The van der Waals surface area contributed by atoms with Gasteiger partial charge in [-0.05, 0) is 32.1 Å². The molecule has 1 saturated heterocycles. The number of aromatic hydroxyl groups is 1. The van der Waals surface area contributed by atoms with E-state index >= 15 is 4.79 Å². The van der Waals surface area contributed by atoms with Gasteiger partial charge in [-0.15, -0.1) is 11.8 Å². The number of thioether (sulfide) groups is 1. The van der Waals surface area contributed by atoms with E-state index in [0.717, 1.165) is 45.7 Å². The van der Waals surface area contributed by atoms with Crippen molar-refractivity contribution in [2.45, 2.75) is 144 Å². The number of aliphatic hydroxyl groups excluding tert-OH is 2. The molecule has 6 rings (SSSR count). The molecule has 1 fully saturated rings. The maximum Gasteiger partial charge on any atom is 0.312 e. The fraction of sp³-hybridized carbons (Fsp3) is 0.556. The van der Waals surface area contributed by atoms with Crippen LogP contribution in [0.1, 0.15) is 113 Å². The number of amides is 1. The van der Waals surface area contributed by atoms with Crippen molar-refractivity contribution in [3.63, 3.8) is 0 Å². The Bertz CT molecular complexity index is 2780. The zero-order valence-corrected chi connectivity index (χ0v) is 48.2. The molecule has 5 aliphatic rings. The lowest BCUT2D eigenvalue weighted by atomic mass is 9.78. The average molecular weight is 1160 g/mol. The SMILES string of the molecule is CO[C@H]1C=CO[C@@]2(C)Oc3c(C)c(O)c4c(c3C2=O)C(=O)C(SCCNC(=S)N[C@@H]2O[C@H](COC(C)=O)[C@@H](OC(C)=O)[C@H](OC(C)=O)[C@H]2OC(C)=O)=C(NC(=O)/C(C)=C\C=C/[C@H](C)[C@H](O)[C@@H](C)[C@@H](O)[C@@H](C)[C@H](OC(C)=O)[C@@H]1C)C4=O. The molecule has 0 unspecified atom stereocenters. The van der Waals surface area contributed by atoms with Gasteiger partial charge in [-0.2, -0.15) is 0 Å². The second kappa shape index (κ2) is 27.2. The van der Waals surface area contributed by atoms with E-state index in [1.807, 2.05) is 0 Å². The first-order chi connectivity index (χ1) is 37.4. The van der Waals surface area contributed by atoms with E-state index in [0.29, 0.717) is 0 Å². The number of carbonyl (C=O) groups excluding carboxylic acids is 9. The number of Topliss-reactive ketones (excluding diaryl/α,β-unsaturated/α-hetero) is 3. The van der Waals surface area contributed by atoms with Crippen molar-refractivity contribution in [1.29, 1.82) is 0 Å². The van der Waals surface area contributed by atoms with E-state index in [1.165, 1.54) is 53.0 Å². The number of esters is 5. The molecule has 80 heavy (non-hydrogen) atoms. The minimum atomic E-state index is -2.21. The van der Waals surface area contributed by atoms with Crippen LogP contribution >= 0.6 is 24.0 Å². The minimum Gasteiger partial charge on any atom is -0.507 e. The molecule has 438 valence electrons. The Hall–Kier alpha value is -6.71. The van der Waals surface area contributed by atoms with Crippen molar-refractivity contribution in [3.8, 4) is 11.5 Å². The highest BCUT2D eigenvalue weighted by Gasteiger charge is 2.54. The first-order valence-corrected chi connectivity index (χ1v) is 26.9. The standard InChI is InChI=1S/C54H69N3O21S2/c1-22-15-14-16-23(2)51(69)56-38-42(66)36-35(37-45(27(6)41(36)65)78-54(12,50(37)68)72-19-17-33(70-13)24(3)44(73-29(8)59)26(5)40(64)25(4)39(22)63)43(67)49(38)80-20-18-55-53(79)57-52-48(76-32(11)62)47(75-31(10)61)46(74-30(9)60)34(77-52)21-71-28(7)58/h14-17,19,22,24-26,33-34,39-40,44,46-48,52,63-65H,18,20-21H2,1-13H3,(H,56,69)(H2,55,57,79)/b15-14-,19-17?,23-16-/t22-,24+,25+,26+,33-,34+,39-,40+,44+,46+,47-,48+,52+,54-/m0/s1. The van der Waals surface area contributed by atoms with Crippen LogP contribution in [0, 0.1) is 30.6 Å². The van der Waals surface area contributed by atoms with Gasteiger partial charge in [0.05, 0.1) is 46.2 Å². The summed E-state index contributed by atoms with van der Waals surface area (Å²) in [6, 6.07) is 0. The summed E-state index contributed by atoms with van der Waals surface area (Å²) in [4.78, 5) is 119. The Morgan fingerprint density at radius 1 is 0.775 bits per heavy atom. The van der Waals surface area contributed by atoms with Gasteiger partial charge < -0.3 is 73.9 Å². The Morgan fingerprint density at radius 3 is 1.98 bits per heavy atom. The van der Waals surface area contributed by atoms with E-state index in [-0.39, 0.29) is 39.2 Å². The number of rotatable bonds is 12. The lowest BCUT2D eigenvalue weighted by molar-refractivity contribution is -0.254. The van der Waals surface area contributed by atoms with Crippen molar-refractivity contribution in [3.05, 3.63) is 69.0 Å². The molecule has 24 nitrogen and oxygen atoms in total. The monoisotopic (exact) mass is 1160 g/mol. The molecule has 4 aliphatic heterocycles. The number of ether oxygens (including phenoxy) is 9. The summed E-state index contributed by atoms with van der Waals surface area (Å²) in [5.74, 6) is -13.8. The van der Waals surface area contributed by atoms with E-state index in [9.17, 15) is 53.7 Å². The molecule has 5 bridgehead atoms. The third-order valence-electron chi connectivity index (χ3n) is 13.8. The lowest BCUT2D eigenvalue weighted by Gasteiger charge is -2.44. The van der Waals surface area contributed by atoms with Crippen LogP contribution in [0.5, 0.6) is 11.5 Å². The topological polar surface area (TPSA) is 333 Å². The summed E-state index contributed by atoms with van der Waals surface area (Å²) in [6.07, 6.45) is -4.44. The predicted octanol–water partition coefficient (Wildman–Crippen LogP) is 3.24. The predicted molar refractivity (Wildman–Crippen MR) is 286 cm³/mol. The Labute approximate surface area is 471 Å². The van der Waals surface area contributed by atoms with Crippen LogP contribution in [0.3, 0.4) is 0 Å². The number of carbonyl (C=O) groups is 9. The summed E-state index contributed by atoms with van der Waals surface area (Å²) in [5, 5.41) is 42.8. The molecule has 14 atom stereocenters. The molecular formula is C54H69N3O21S2. The van der Waals surface area contributed by atoms with Crippen LogP contribution in [0.25, 0.3) is 0 Å². The molecule has 0 spiro atoms. The number of aliphatic hydroxyl groups is 2.